The highest BCUT2D eigenvalue weighted by Gasteiger charge is 2.38. The second kappa shape index (κ2) is 5.52. The summed E-state index contributed by atoms with van der Waals surface area (Å²) in [5, 5.41) is 3.25. The normalized spacial score (nSPS) is 14.8. The molecule has 0 radical (unpaired) electrons. The van der Waals surface area contributed by atoms with Gasteiger partial charge in [0.25, 0.3) is 11.7 Å². The third kappa shape index (κ3) is 3.26. The van der Waals surface area contributed by atoms with Gasteiger partial charge < -0.3 is 10.2 Å². The molecule has 0 unspecified atom stereocenters. The smallest absolute Gasteiger partial charge is 0.299 e. The van der Waals surface area contributed by atoms with Crippen molar-refractivity contribution in [1.29, 1.82) is 0 Å². The van der Waals surface area contributed by atoms with E-state index >= 15 is 0 Å². The molecule has 0 saturated carbocycles. The molecule has 4 nitrogen and oxygen atoms in total. The van der Waals surface area contributed by atoms with E-state index in [9.17, 15) is 18.4 Å². The van der Waals surface area contributed by atoms with Crippen molar-refractivity contribution in [2.75, 3.05) is 18.0 Å². The fraction of sp³-hybridized carbons (Fsp3) is 0.467. The number of ketones is 1. The second-order valence-corrected chi connectivity index (χ2v) is 6.10. The van der Waals surface area contributed by atoms with Crippen LogP contribution in [0.25, 0.3) is 0 Å². The van der Waals surface area contributed by atoms with Gasteiger partial charge in [-0.15, -0.1) is 0 Å². The molecule has 1 aromatic carbocycles. The molecular formula is C15H18F2N2O2. The maximum atomic E-state index is 13.6. The van der Waals surface area contributed by atoms with Gasteiger partial charge in [-0.05, 0) is 39.8 Å². The van der Waals surface area contributed by atoms with Crippen molar-refractivity contribution >= 4 is 17.4 Å². The van der Waals surface area contributed by atoms with Crippen LogP contribution < -0.4 is 10.2 Å². The minimum absolute atomic E-state index is 0.0262. The van der Waals surface area contributed by atoms with Crippen LogP contribution in [0.2, 0.25) is 0 Å². The lowest BCUT2D eigenvalue weighted by molar-refractivity contribution is -0.114. The van der Waals surface area contributed by atoms with Gasteiger partial charge >= 0.3 is 0 Å². The molecule has 0 aromatic heterocycles. The van der Waals surface area contributed by atoms with Gasteiger partial charge in [-0.1, -0.05) is 0 Å². The quantitative estimate of drug-likeness (QED) is 0.685. The van der Waals surface area contributed by atoms with E-state index in [1.165, 1.54) is 0 Å². The number of fused-ring (bicyclic) bond motifs is 1. The lowest BCUT2D eigenvalue weighted by Gasteiger charge is -2.22. The Bertz CT molecular complexity index is 594. The molecule has 0 fully saturated rings. The Hall–Kier alpha value is -1.82. The largest absolute Gasteiger partial charge is 0.312 e. The van der Waals surface area contributed by atoms with Crippen molar-refractivity contribution in [3.05, 3.63) is 29.3 Å². The Balaban J connectivity index is 2.12. The first kappa shape index (κ1) is 15.6. The van der Waals surface area contributed by atoms with E-state index in [1.807, 2.05) is 20.8 Å². The highest BCUT2D eigenvalue weighted by atomic mass is 19.1. The predicted molar refractivity (Wildman–Crippen MR) is 75.4 cm³/mol. The van der Waals surface area contributed by atoms with Gasteiger partial charge in [0.1, 0.15) is 11.6 Å². The summed E-state index contributed by atoms with van der Waals surface area (Å²) in [4.78, 5) is 24.8. The van der Waals surface area contributed by atoms with Crippen LogP contribution in [0.1, 0.15) is 37.6 Å². The fourth-order valence-electron chi connectivity index (χ4n) is 2.26. The number of benzene rings is 1. The van der Waals surface area contributed by atoms with Crippen LogP contribution in [-0.4, -0.2) is 30.3 Å². The van der Waals surface area contributed by atoms with E-state index in [0.717, 1.165) is 11.0 Å². The highest BCUT2D eigenvalue weighted by Crippen LogP contribution is 2.31. The van der Waals surface area contributed by atoms with Crippen LogP contribution in [-0.2, 0) is 4.79 Å². The molecule has 114 valence electrons. The molecule has 1 aliphatic rings. The zero-order valence-electron chi connectivity index (χ0n) is 12.3. The summed E-state index contributed by atoms with van der Waals surface area (Å²) in [5.74, 6) is -3.50. The number of hydrogen-bond donors (Lipinski definition) is 1. The first-order valence-electron chi connectivity index (χ1n) is 6.81. The van der Waals surface area contributed by atoms with Gasteiger partial charge in [-0.25, -0.2) is 8.78 Å². The van der Waals surface area contributed by atoms with Gasteiger partial charge in [0.2, 0.25) is 0 Å². The zero-order chi connectivity index (χ0) is 15.8. The van der Waals surface area contributed by atoms with Crippen LogP contribution in [0.15, 0.2) is 12.1 Å². The van der Waals surface area contributed by atoms with Crippen molar-refractivity contribution < 1.29 is 18.4 Å². The van der Waals surface area contributed by atoms with Gasteiger partial charge in [-0.2, -0.15) is 0 Å². The molecular weight excluding hydrogens is 278 g/mol. The molecule has 0 spiro atoms. The molecule has 1 N–H and O–H groups in total. The summed E-state index contributed by atoms with van der Waals surface area (Å²) in [5.41, 5.74) is -0.357. The number of rotatable bonds is 4. The van der Waals surface area contributed by atoms with Gasteiger partial charge in [-0.3, -0.25) is 9.59 Å². The van der Waals surface area contributed by atoms with Crippen LogP contribution in [0.3, 0.4) is 0 Å². The topological polar surface area (TPSA) is 49.4 Å². The van der Waals surface area contributed by atoms with E-state index in [0.29, 0.717) is 19.0 Å². The monoisotopic (exact) mass is 296 g/mol. The van der Waals surface area contributed by atoms with Crippen molar-refractivity contribution in [2.24, 2.45) is 0 Å². The highest BCUT2D eigenvalue weighted by molar-refractivity contribution is 6.52. The lowest BCUT2D eigenvalue weighted by Crippen LogP contribution is -2.38. The zero-order valence-corrected chi connectivity index (χ0v) is 12.3. The number of carbonyl (C=O) groups is 2. The molecule has 0 bridgehead atoms. The molecule has 0 saturated heterocycles. The Morgan fingerprint density at radius 2 is 1.86 bits per heavy atom. The van der Waals surface area contributed by atoms with Crippen LogP contribution in [0.5, 0.6) is 0 Å². The summed E-state index contributed by atoms with van der Waals surface area (Å²) in [7, 11) is 0. The first-order chi connectivity index (χ1) is 9.70. The maximum Gasteiger partial charge on any atom is 0.299 e. The van der Waals surface area contributed by atoms with Gasteiger partial charge in [0.15, 0.2) is 0 Å². The molecule has 1 aromatic rings. The minimum atomic E-state index is -0.987. The molecule has 21 heavy (non-hydrogen) atoms. The van der Waals surface area contributed by atoms with Crippen LogP contribution >= 0.6 is 0 Å². The van der Waals surface area contributed by atoms with E-state index in [2.05, 4.69) is 5.32 Å². The van der Waals surface area contributed by atoms with E-state index < -0.39 is 23.3 Å². The number of anilines is 1. The van der Waals surface area contributed by atoms with E-state index in [4.69, 9.17) is 0 Å². The Labute approximate surface area is 122 Å². The Morgan fingerprint density at radius 3 is 2.48 bits per heavy atom. The lowest BCUT2D eigenvalue weighted by atomic mass is 10.1. The molecule has 0 aliphatic carbocycles. The van der Waals surface area contributed by atoms with E-state index in [1.54, 1.807) is 0 Å². The van der Waals surface area contributed by atoms with Crippen molar-refractivity contribution in [1.82, 2.24) is 5.32 Å². The second-order valence-electron chi connectivity index (χ2n) is 6.10. The number of nitrogens with one attached hydrogen (secondary N) is 1. The number of amides is 1. The van der Waals surface area contributed by atoms with Crippen molar-refractivity contribution in [2.45, 2.75) is 32.7 Å². The number of halogens is 2. The average molecular weight is 296 g/mol. The molecule has 6 heteroatoms. The van der Waals surface area contributed by atoms with E-state index in [-0.39, 0.29) is 23.3 Å². The third-order valence-corrected chi connectivity index (χ3v) is 3.21. The fourth-order valence-corrected chi connectivity index (χ4v) is 2.26. The third-order valence-electron chi connectivity index (χ3n) is 3.21. The number of carbonyl (C=O) groups excluding carboxylic acids is 2. The maximum absolute atomic E-state index is 13.6. The summed E-state index contributed by atoms with van der Waals surface area (Å²) < 4.78 is 26.9. The van der Waals surface area contributed by atoms with Crippen LogP contribution in [0.4, 0.5) is 14.5 Å². The van der Waals surface area contributed by atoms with Crippen LogP contribution in [0, 0.1) is 11.6 Å². The molecule has 1 heterocycles. The number of hydrogen-bond acceptors (Lipinski definition) is 3. The molecule has 1 aliphatic heterocycles. The summed E-state index contributed by atoms with van der Waals surface area (Å²) in [6, 6.07) is 1.65. The minimum Gasteiger partial charge on any atom is -0.312 e. The SMILES string of the molecule is CC(C)(C)NCCCN1C(=O)C(=O)c2c(F)cc(F)cc21. The predicted octanol–water partition coefficient (Wildman–Crippen LogP) is 2.27. The summed E-state index contributed by atoms with van der Waals surface area (Å²) >= 11 is 0. The first-order valence-corrected chi connectivity index (χ1v) is 6.81. The number of nitrogens with zero attached hydrogens (tertiary/aromatic N) is 1. The Morgan fingerprint density at radius 1 is 1.19 bits per heavy atom. The van der Waals surface area contributed by atoms with Crippen molar-refractivity contribution in [3.63, 3.8) is 0 Å². The average Bonchev–Trinajstić information content (AvgIpc) is 2.57. The molecule has 0 atom stereocenters. The van der Waals surface area contributed by atoms with Gasteiger partial charge in [0, 0.05) is 18.2 Å². The molecule has 2 rings (SSSR count). The standard InChI is InChI=1S/C15H18F2N2O2/c1-15(2,3)18-5-4-6-19-11-8-9(16)7-10(17)12(11)13(20)14(19)21/h7-8,18H,4-6H2,1-3H3. The molecule has 1 amide bonds. The number of Topliss-reactive ketones (excluding diaryl/α,β-unsaturated/α-hetero) is 1. The van der Waals surface area contributed by atoms with Gasteiger partial charge in [0.05, 0.1) is 11.3 Å². The summed E-state index contributed by atoms with van der Waals surface area (Å²) in [6.45, 7) is 6.91. The summed E-state index contributed by atoms with van der Waals surface area (Å²) in [6.07, 6.45) is 0.577. The van der Waals surface area contributed by atoms with Crippen molar-refractivity contribution in [3.8, 4) is 0 Å². The Kier molecular flexibility index (Phi) is 4.09.